The lowest BCUT2D eigenvalue weighted by atomic mass is 9.92. The molecule has 1 aliphatic carbocycles. The van der Waals surface area contributed by atoms with Gasteiger partial charge in [-0.3, -0.25) is 0 Å². The summed E-state index contributed by atoms with van der Waals surface area (Å²) in [4.78, 5) is 0. The summed E-state index contributed by atoms with van der Waals surface area (Å²) in [5.41, 5.74) is 1.30. The molecule has 1 aliphatic rings. The van der Waals surface area contributed by atoms with Gasteiger partial charge in [-0.2, -0.15) is 0 Å². The number of nitrogens with one attached hydrogen (secondary N) is 1. The first-order chi connectivity index (χ1) is 8.79. The Morgan fingerprint density at radius 3 is 2.61 bits per heavy atom. The highest BCUT2D eigenvalue weighted by atomic mass is 16.5. The predicted molar refractivity (Wildman–Crippen MR) is 73.0 cm³/mol. The summed E-state index contributed by atoms with van der Waals surface area (Å²) in [6, 6.07) is 8.46. The Bertz CT molecular complexity index is 350. The summed E-state index contributed by atoms with van der Waals surface area (Å²) >= 11 is 0. The van der Waals surface area contributed by atoms with Crippen molar-refractivity contribution in [2.45, 2.75) is 44.2 Å². The molecule has 1 aromatic carbocycles. The fourth-order valence-corrected chi connectivity index (χ4v) is 2.54. The fourth-order valence-electron chi connectivity index (χ4n) is 2.54. The van der Waals surface area contributed by atoms with Gasteiger partial charge >= 0.3 is 0 Å². The predicted octanol–water partition coefficient (Wildman–Crippen LogP) is 2.13. The van der Waals surface area contributed by atoms with Crippen LogP contribution < -0.4 is 10.1 Å². The van der Waals surface area contributed by atoms with Gasteiger partial charge in [0.2, 0.25) is 0 Å². The summed E-state index contributed by atoms with van der Waals surface area (Å²) in [7, 11) is 1.68. The van der Waals surface area contributed by atoms with Crippen molar-refractivity contribution in [2.24, 2.45) is 0 Å². The Morgan fingerprint density at radius 2 is 1.94 bits per heavy atom. The minimum atomic E-state index is -0.158. The molecule has 0 bridgehead atoms. The third-order valence-corrected chi connectivity index (χ3v) is 3.71. The third-order valence-electron chi connectivity index (χ3n) is 3.71. The minimum absolute atomic E-state index is 0.158. The molecule has 2 atom stereocenters. The highest BCUT2D eigenvalue weighted by Crippen LogP contribution is 2.18. The monoisotopic (exact) mass is 249 g/mol. The van der Waals surface area contributed by atoms with E-state index in [0.717, 1.165) is 38.0 Å². The number of ether oxygens (including phenoxy) is 1. The Morgan fingerprint density at radius 1 is 1.22 bits per heavy atom. The van der Waals surface area contributed by atoms with Gasteiger partial charge in [-0.05, 0) is 43.5 Å². The van der Waals surface area contributed by atoms with Crippen molar-refractivity contribution in [3.63, 3.8) is 0 Å². The van der Waals surface area contributed by atoms with Crippen LogP contribution in [0.4, 0.5) is 0 Å². The molecule has 18 heavy (non-hydrogen) atoms. The van der Waals surface area contributed by atoms with Gasteiger partial charge in [0.05, 0.1) is 13.2 Å². The number of methoxy groups -OCH3 is 1. The Hall–Kier alpha value is -1.06. The van der Waals surface area contributed by atoms with E-state index in [9.17, 15) is 5.11 Å². The molecule has 100 valence electrons. The highest BCUT2D eigenvalue weighted by Gasteiger charge is 2.21. The largest absolute Gasteiger partial charge is 0.497 e. The molecule has 0 heterocycles. The first-order valence-electron chi connectivity index (χ1n) is 6.84. The molecular weight excluding hydrogens is 226 g/mol. The van der Waals surface area contributed by atoms with Gasteiger partial charge in [0, 0.05) is 6.04 Å². The maximum atomic E-state index is 9.86. The normalized spacial score (nSPS) is 23.9. The van der Waals surface area contributed by atoms with Crippen molar-refractivity contribution >= 4 is 0 Å². The number of rotatable bonds is 5. The summed E-state index contributed by atoms with van der Waals surface area (Å²) < 4.78 is 5.13. The van der Waals surface area contributed by atoms with E-state index >= 15 is 0 Å². The molecule has 0 aliphatic heterocycles. The molecule has 0 amide bonds. The van der Waals surface area contributed by atoms with Crippen LogP contribution in [-0.4, -0.2) is 30.9 Å². The number of hydrogen-bond acceptors (Lipinski definition) is 3. The zero-order valence-corrected chi connectivity index (χ0v) is 11.1. The van der Waals surface area contributed by atoms with Crippen LogP contribution in [0.1, 0.15) is 31.2 Å². The second kappa shape index (κ2) is 6.76. The average Bonchev–Trinajstić information content (AvgIpc) is 2.42. The van der Waals surface area contributed by atoms with E-state index in [1.54, 1.807) is 7.11 Å². The van der Waals surface area contributed by atoms with Gasteiger partial charge in [-0.1, -0.05) is 25.0 Å². The molecule has 0 aromatic heterocycles. The lowest BCUT2D eigenvalue weighted by Crippen LogP contribution is -2.42. The summed E-state index contributed by atoms with van der Waals surface area (Å²) in [5.74, 6) is 0.898. The molecule has 1 aromatic rings. The molecule has 1 saturated carbocycles. The number of aliphatic hydroxyl groups is 1. The molecule has 2 N–H and O–H groups in total. The van der Waals surface area contributed by atoms with Crippen LogP contribution >= 0.6 is 0 Å². The first kappa shape index (κ1) is 13.4. The van der Waals surface area contributed by atoms with Crippen molar-refractivity contribution in [3.05, 3.63) is 29.8 Å². The van der Waals surface area contributed by atoms with Crippen molar-refractivity contribution in [1.29, 1.82) is 0 Å². The Kier molecular flexibility index (Phi) is 5.02. The highest BCUT2D eigenvalue weighted by molar-refractivity contribution is 5.27. The second-order valence-corrected chi connectivity index (χ2v) is 5.01. The second-order valence-electron chi connectivity index (χ2n) is 5.01. The van der Waals surface area contributed by atoms with Crippen LogP contribution in [0.15, 0.2) is 24.3 Å². The smallest absolute Gasteiger partial charge is 0.118 e. The zero-order chi connectivity index (χ0) is 12.8. The molecule has 2 unspecified atom stereocenters. The van der Waals surface area contributed by atoms with Crippen LogP contribution in [0.25, 0.3) is 0 Å². The van der Waals surface area contributed by atoms with Crippen molar-refractivity contribution in [3.8, 4) is 5.75 Å². The number of hydrogen-bond donors (Lipinski definition) is 2. The number of aliphatic hydroxyl groups excluding tert-OH is 1. The van der Waals surface area contributed by atoms with Crippen LogP contribution in [0.2, 0.25) is 0 Å². The van der Waals surface area contributed by atoms with Crippen LogP contribution in [-0.2, 0) is 6.42 Å². The number of benzene rings is 1. The van der Waals surface area contributed by atoms with Crippen molar-refractivity contribution < 1.29 is 9.84 Å². The molecule has 0 spiro atoms. The lowest BCUT2D eigenvalue weighted by Gasteiger charge is -2.28. The maximum Gasteiger partial charge on any atom is 0.118 e. The first-order valence-corrected chi connectivity index (χ1v) is 6.84. The van der Waals surface area contributed by atoms with Gasteiger partial charge in [0.25, 0.3) is 0 Å². The van der Waals surface area contributed by atoms with Crippen LogP contribution in [0.5, 0.6) is 5.75 Å². The molecule has 3 heteroatoms. The maximum absolute atomic E-state index is 9.86. The van der Waals surface area contributed by atoms with Gasteiger partial charge in [0.1, 0.15) is 5.75 Å². The molecule has 0 radical (unpaired) electrons. The molecule has 0 saturated heterocycles. The summed E-state index contributed by atoms with van der Waals surface area (Å²) in [5, 5.41) is 13.3. The Labute approximate surface area is 109 Å². The summed E-state index contributed by atoms with van der Waals surface area (Å²) in [6.07, 6.45) is 5.28. The topological polar surface area (TPSA) is 41.5 Å². The van der Waals surface area contributed by atoms with E-state index in [0.29, 0.717) is 0 Å². The van der Waals surface area contributed by atoms with E-state index in [1.165, 1.54) is 12.0 Å². The molecule has 3 nitrogen and oxygen atoms in total. The SMILES string of the molecule is COc1ccc(CCNC2CCCCC2O)cc1. The molecule has 2 rings (SSSR count). The van der Waals surface area contributed by atoms with E-state index in [2.05, 4.69) is 17.4 Å². The molecule has 1 fully saturated rings. The third kappa shape index (κ3) is 3.72. The minimum Gasteiger partial charge on any atom is -0.497 e. The van der Waals surface area contributed by atoms with E-state index in [-0.39, 0.29) is 12.1 Å². The van der Waals surface area contributed by atoms with Gasteiger partial charge in [-0.25, -0.2) is 0 Å². The van der Waals surface area contributed by atoms with Gasteiger partial charge in [-0.15, -0.1) is 0 Å². The van der Waals surface area contributed by atoms with Crippen molar-refractivity contribution in [2.75, 3.05) is 13.7 Å². The van der Waals surface area contributed by atoms with E-state index in [1.807, 2.05) is 12.1 Å². The fraction of sp³-hybridized carbons (Fsp3) is 0.600. The van der Waals surface area contributed by atoms with Crippen molar-refractivity contribution in [1.82, 2.24) is 5.32 Å². The zero-order valence-electron chi connectivity index (χ0n) is 11.1. The van der Waals surface area contributed by atoms with Gasteiger partial charge < -0.3 is 15.2 Å². The van der Waals surface area contributed by atoms with Crippen LogP contribution in [0.3, 0.4) is 0 Å². The van der Waals surface area contributed by atoms with E-state index in [4.69, 9.17) is 4.74 Å². The average molecular weight is 249 g/mol. The summed E-state index contributed by atoms with van der Waals surface area (Å²) in [6.45, 7) is 0.925. The van der Waals surface area contributed by atoms with Gasteiger partial charge in [0.15, 0.2) is 0 Å². The van der Waals surface area contributed by atoms with E-state index < -0.39 is 0 Å². The lowest BCUT2D eigenvalue weighted by molar-refractivity contribution is 0.0914. The quantitative estimate of drug-likeness (QED) is 0.840. The molecular formula is C15H23NO2. The van der Waals surface area contributed by atoms with Crippen LogP contribution in [0, 0.1) is 0 Å². The Balaban J connectivity index is 1.73. The standard InChI is InChI=1S/C15H23NO2/c1-18-13-8-6-12(7-9-13)10-11-16-14-4-2-3-5-15(14)17/h6-9,14-17H,2-5,10-11H2,1H3.